The normalized spacial score (nSPS) is 14.7. The van der Waals surface area contributed by atoms with Gasteiger partial charge < -0.3 is 4.74 Å². The third kappa shape index (κ3) is 3.60. The van der Waals surface area contributed by atoms with E-state index < -0.39 is 5.97 Å². The summed E-state index contributed by atoms with van der Waals surface area (Å²) in [6, 6.07) is 22.3. The number of rotatable bonds is 3. The molecule has 0 N–H and O–H groups in total. The number of allylic oxidation sites excluding steroid dienone is 4. The van der Waals surface area contributed by atoms with Gasteiger partial charge in [0.05, 0.1) is 0 Å². The number of hydrogen-bond acceptors (Lipinski definition) is 3. The summed E-state index contributed by atoms with van der Waals surface area (Å²) in [4.78, 5) is 25.4. The Balaban J connectivity index is 1.49. The highest BCUT2D eigenvalue weighted by Crippen LogP contribution is 2.41. The molecule has 0 aliphatic heterocycles. The van der Waals surface area contributed by atoms with Crippen molar-refractivity contribution in [2.45, 2.75) is 26.2 Å². The van der Waals surface area contributed by atoms with E-state index in [0.717, 1.165) is 56.6 Å². The van der Waals surface area contributed by atoms with Gasteiger partial charge in [0.2, 0.25) is 0 Å². The molecule has 0 fully saturated rings. The van der Waals surface area contributed by atoms with Crippen LogP contribution in [0.25, 0.3) is 38.2 Å². The molecule has 0 radical (unpaired) electrons. The molecule has 0 heterocycles. The summed E-state index contributed by atoms with van der Waals surface area (Å²) in [5.74, 6) is 0.267. The van der Waals surface area contributed by atoms with Gasteiger partial charge in [0.25, 0.3) is 0 Å². The summed E-state index contributed by atoms with van der Waals surface area (Å²) in [5, 5.41) is 3.86. The van der Waals surface area contributed by atoms with Crippen molar-refractivity contribution in [2.75, 3.05) is 0 Å². The molecule has 170 valence electrons. The number of fused-ring (bicyclic) bond motifs is 5. The largest absolute Gasteiger partial charge is 0.423 e. The smallest absolute Gasteiger partial charge is 0.338 e. The van der Waals surface area contributed by atoms with Gasteiger partial charge in [-0.1, -0.05) is 72.8 Å². The Kier molecular flexibility index (Phi) is 5.00. The minimum absolute atomic E-state index is 0.201. The highest BCUT2D eigenvalue weighted by Gasteiger charge is 2.26. The second-order valence-corrected chi connectivity index (χ2v) is 9.35. The van der Waals surface area contributed by atoms with E-state index in [0.29, 0.717) is 17.7 Å². The molecule has 2 aliphatic rings. The van der Waals surface area contributed by atoms with E-state index in [2.05, 4.69) is 43.0 Å². The van der Waals surface area contributed by atoms with E-state index in [1.54, 1.807) is 6.92 Å². The van der Waals surface area contributed by atoms with Crippen molar-refractivity contribution in [2.24, 2.45) is 0 Å². The second kappa shape index (κ2) is 8.21. The first kappa shape index (κ1) is 21.3. The Hall–Kier alpha value is -4.24. The van der Waals surface area contributed by atoms with Crippen molar-refractivity contribution < 1.29 is 14.3 Å². The van der Waals surface area contributed by atoms with Gasteiger partial charge in [-0.05, 0) is 76.4 Å². The number of benzene rings is 4. The number of esters is 1. The molecule has 0 saturated heterocycles. The summed E-state index contributed by atoms with van der Waals surface area (Å²) in [7, 11) is 0. The molecule has 0 saturated carbocycles. The molecular formula is C32H24O3. The molecule has 0 spiro atoms. The maximum Gasteiger partial charge on any atom is 0.338 e. The van der Waals surface area contributed by atoms with E-state index in [4.69, 9.17) is 4.74 Å². The first-order valence-electron chi connectivity index (χ1n) is 11.9. The second-order valence-electron chi connectivity index (χ2n) is 9.35. The number of hydrogen-bond donors (Lipinski definition) is 0. The Labute approximate surface area is 204 Å². The average Bonchev–Trinajstić information content (AvgIpc) is 2.87. The fraction of sp³-hybridized carbons (Fsp3) is 0.125. The average molecular weight is 457 g/mol. The Morgan fingerprint density at radius 1 is 0.914 bits per heavy atom. The van der Waals surface area contributed by atoms with Crippen LogP contribution in [0.2, 0.25) is 0 Å². The van der Waals surface area contributed by atoms with Crippen molar-refractivity contribution in [3.63, 3.8) is 0 Å². The van der Waals surface area contributed by atoms with Crippen molar-refractivity contribution in [1.82, 2.24) is 0 Å². The molecule has 3 nitrogen and oxygen atoms in total. The van der Waals surface area contributed by atoms with E-state index >= 15 is 0 Å². The van der Waals surface area contributed by atoms with Crippen LogP contribution in [0.3, 0.4) is 0 Å². The molecule has 4 aromatic rings. The number of Topliss-reactive ketones (excluding diaryl/α,β-unsaturated/α-hetero) is 1. The van der Waals surface area contributed by atoms with Gasteiger partial charge in [-0.15, -0.1) is 0 Å². The van der Waals surface area contributed by atoms with E-state index in [9.17, 15) is 9.59 Å². The molecule has 0 unspecified atom stereocenters. The minimum Gasteiger partial charge on any atom is -0.423 e. The fourth-order valence-electron chi connectivity index (χ4n) is 5.21. The van der Waals surface area contributed by atoms with Crippen LogP contribution in [0.1, 0.15) is 42.1 Å². The molecule has 3 heteroatoms. The molecule has 0 amide bonds. The first-order chi connectivity index (χ1) is 17.0. The lowest BCUT2D eigenvalue weighted by Gasteiger charge is -2.24. The van der Waals surface area contributed by atoms with Gasteiger partial charge in [0.1, 0.15) is 5.75 Å². The van der Waals surface area contributed by atoms with Gasteiger partial charge in [0, 0.05) is 22.9 Å². The molecule has 0 bridgehead atoms. The molecule has 0 aromatic heterocycles. The maximum absolute atomic E-state index is 13.1. The van der Waals surface area contributed by atoms with E-state index in [1.807, 2.05) is 42.5 Å². The molecular weight excluding hydrogens is 432 g/mol. The summed E-state index contributed by atoms with van der Waals surface area (Å²) in [5.41, 5.74) is 6.65. The zero-order valence-electron chi connectivity index (χ0n) is 19.6. The Bertz CT molecular complexity index is 1650. The van der Waals surface area contributed by atoms with Gasteiger partial charge in [-0.3, -0.25) is 4.79 Å². The zero-order valence-corrected chi connectivity index (χ0v) is 19.6. The molecule has 0 atom stereocenters. The van der Waals surface area contributed by atoms with Crippen molar-refractivity contribution >= 4 is 38.9 Å². The number of carbonyl (C=O) groups excluding carboxylic acids is 2. The van der Waals surface area contributed by atoms with Crippen molar-refractivity contribution in [3.8, 4) is 16.9 Å². The maximum atomic E-state index is 13.1. The van der Waals surface area contributed by atoms with Gasteiger partial charge in [-0.2, -0.15) is 0 Å². The van der Waals surface area contributed by atoms with E-state index in [-0.39, 0.29) is 5.78 Å². The molecule has 4 aromatic carbocycles. The van der Waals surface area contributed by atoms with Crippen LogP contribution < -0.4 is 4.74 Å². The van der Waals surface area contributed by atoms with Crippen molar-refractivity contribution in [3.05, 3.63) is 108 Å². The predicted octanol–water partition coefficient (Wildman–Crippen LogP) is 7.83. The number of carbonyl (C=O) groups is 2. The third-order valence-electron chi connectivity index (χ3n) is 6.95. The van der Waals surface area contributed by atoms with Crippen LogP contribution in [0, 0.1) is 0 Å². The quantitative estimate of drug-likeness (QED) is 0.179. The molecule has 6 rings (SSSR count). The Morgan fingerprint density at radius 2 is 1.71 bits per heavy atom. The van der Waals surface area contributed by atoms with Crippen LogP contribution in [-0.4, -0.2) is 11.8 Å². The minimum atomic E-state index is -0.443. The van der Waals surface area contributed by atoms with Crippen LogP contribution in [0.4, 0.5) is 0 Å². The van der Waals surface area contributed by atoms with Crippen LogP contribution in [-0.2, 0) is 4.79 Å². The van der Waals surface area contributed by atoms with Crippen LogP contribution >= 0.6 is 0 Å². The van der Waals surface area contributed by atoms with Crippen LogP contribution in [0.15, 0.2) is 96.6 Å². The lowest BCUT2D eigenvalue weighted by Crippen LogP contribution is -2.13. The number of ketones is 1. The van der Waals surface area contributed by atoms with Gasteiger partial charge in [-0.25, -0.2) is 4.79 Å². The van der Waals surface area contributed by atoms with Crippen LogP contribution in [0.5, 0.6) is 5.75 Å². The number of ether oxygens (including phenoxy) is 1. The van der Waals surface area contributed by atoms with E-state index in [1.165, 1.54) is 11.1 Å². The molecule has 35 heavy (non-hydrogen) atoms. The summed E-state index contributed by atoms with van der Waals surface area (Å²) in [6.07, 6.45) is 6.86. The van der Waals surface area contributed by atoms with Gasteiger partial charge >= 0.3 is 5.97 Å². The van der Waals surface area contributed by atoms with Gasteiger partial charge in [0.15, 0.2) is 5.78 Å². The fourth-order valence-corrected chi connectivity index (χ4v) is 5.21. The summed E-state index contributed by atoms with van der Waals surface area (Å²) >= 11 is 0. The van der Waals surface area contributed by atoms with Crippen molar-refractivity contribution in [1.29, 1.82) is 0 Å². The third-order valence-corrected chi connectivity index (χ3v) is 6.95. The SMILES string of the molecule is C=C(C)C(=O)Oc1cc(-c2ccc3c4c(ccc3c2)C2=C(CCC=C2)CC4=O)cc2ccccc12. The summed E-state index contributed by atoms with van der Waals surface area (Å²) in [6.45, 7) is 5.34. The Morgan fingerprint density at radius 3 is 2.57 bits per heavy atom. The lowest BCUT2D eigenvalue weighted by atomic mass is 9.79. The lowest BCUT2D eigenvalue weighted by molar-refractivity contribution is -0.129. The highest BCUT2D eigenvalue weighted by atomic mass is 16.5. The monoisotopic (exact) mass is 456 g/mol. The topological polar surface area (TPSA) is 43.4 Å². The molecule has 2 aliphatic carbocycles. The first-order valence-corrected chi connectivity index (χ1v) is 11.9. The standard InChI is InChI=1S/C32H24O3/c1-19(2)32(34)35-30-18-24(16-21-7-4-6-10-26(21)30)20-11-13-27-23(15-20)12-14-28-25-9-5-3-8-22(25)17-29(33)31(27)28/h4-7,9-16,18H,1,3,8,17H2,2H3. The predicted molar refractivity (Wildman–Crippen MR) is 142 cm³/mol. The summed E-state index contributed by atoms with van der Waals surface area (Å²) < 4.78 is 5.68. The zero-order chi connectivity index (χ0) is 24.1. The highest BCUT2D eigenvalue weighted by molar-refractivity contribution is 6.16.